The van der Waals surface area contributed by atoms with Crippen molar-refractivity contribution in [3.8, 4) is 18.2 Å². The summed E-state index contributed by atoms with van der Waals surface area (Å²) in [6.45, 7) is 2.73. The number of hydrogen-bond donors (Lipinski definition) is 5. The SMILES string of the molecule is Cc1cccc(Cn2cc(F)c(C(=O)N[C@@H]3C(=O)Cc4c(F)cc(F)cc4[C@@H]4C[C@H]34)n2)c1.N#Cc1cccc(Cn2cc(F)c(C(=O)N[C@@H]3C(=O)Cc4c(F)cc(F)cc4[C@@H]4C[C@H]34)n2)c1.N#Cc1cccc(Cn2cc(F)c(C(=O)N[C@H]3C(=O)Cc4c(F)cc(F)cc4[C@H]4C[C@H]43)n2)c1.N#Cc1cccc(Cn2cc(F)c(C(=O)O)n2)c1.N[C@@H]1C(=O)Cc2c(F)cc(F)cc2[C@@H]2C[C@H]12. The van der Waals surface area contributed by atoms with Crippen LogP contribution in [0.15, 0.2) is 170 Å². The van der Waals surface area contributed by atoms with Crippen molar-refractivity contribution < 1.29 is 96.1 Å². The summed E-state index contributed by atoms with van der Waals surface area (Å²) in [6, 6.07) is 38.7. The molecule has 24 nitrogen and oxygen atoms in total. The van der Waals surface area contributed by atoms with E-state index in [9.17, 15) is 91.0 Å². The molecule has 0 spiro atoms. The molecule has 6 N–H and O–H groups in total. The zero-order chi connectivity index (χ0) is 93.7. The number of hydrogen-bond acceptors (Lipinski definition) is 16. The van der Waals surface area contributed by atoms with Gasteiger partial charge >= 0.3 is 5.97 Å². The van der Waals surface area contributed by atoms with Gasteiger partial charge in [0.05, 0.1) is 110 Å². The normalized spacial score (nSPS) is 20.9. The van der Waals surface area contributed by atoms with Crippen LogP contribution < -0.4 is 21.7 Å². The summed E-state index contributed by atoms with van der Waals surface area (Å²) in [5.41, 5.74) is 12.2. The van der Waals surface area contributed by atoms with Crippen LogP contribution in [0.25, 0.3) is 0 Å². The quantitative estimate of drug-likeness (QED) is 0.0595. The Kier molecular flexibility index (Phi) is 25.3. The van der Waals surface area contributed by atoms with E-state index in [2.05, 4.69) is 36.3 Å². The van der Waals surface area contributed by atoms with E-state index in [-0.39, 0.29) is 121 Å². The highest BCUT2D eigenvalue weighted by atomic mass is 19.2. The number of ketones is 4. The minimum atomic E-state index is -1.41. The zero-order valence-corrected chi connectivity index (χ0v) is 69.3. The first-order chi connectivity index (χ1) is 63.1. The molecular weight excluding hydrogens is 1740 g/mol. The lowest BCUT2D eigenvalue weighted by Gasteiger charge is -2.15. The van der Waals surface area contributed by atoms with Crippen molar-refractivity contribution in [2.24, 2.45) is 29.4 Å². The zero-order valence-electron chi connectivity index (χ0n) is 69.3. The monoisotopic (exact) mass is 1810 g/mol. The number of amides is 3. The molecule has 0 aliphatic heterocycles. The van der Waals surface area contributed by atoms with Gasteiger partial charge < -0.3 is 26.8 Å². The van der Waals surface area contributed by atoms with Gasteiger partial charge in [0.1, 0.15) is 46.5 Å². The number of carbonyl (C=O) groups excluding carboxylic acids is 7. The fraction of sp³-hybridized carbons (Fsp3) is 0.260. The number of rotatable bonds is 15. The van der Waals surface area contributed by atoms with Gasteiger partial charge in [0.15, 0.2) is 63.5 Å². The van der Waals surface area contributed by atoms with Crippen LogP contribution in [0.3, 0.4) is 0 Å². The van der Waals surface area contributed by atoms with Crippen LogP contribution in [0.2, 0.25) is 0 Å². The maximum absolute atomic E-state index is 14.5. The molecule has 12 atom stereocenters. The lowest BCUT2D eigenvalue weighted by molar-refractivity contribution is -0.121. The molecule has 4 saturated carbocycles. The molecular formula is C96H73F12N15O9. The number of fused-ring (bicyclic) bond motifs is 12. The predicted octanol–water partition coefficient (Wildman–Crippen LogP) is 13.3. The Labute approximate surface area is 742 Å². The number of carbonyl (C=O) groups is 8. The molecule has 0 radical (unpaired) electrons. The number of nitriles is 3. The van der Waals surface area contributed by atoms with Crippen LogP contribution in [0.1, 0.15) is 180 Å². The van der Waals surface area contributed by atoms with Gasteiger partial charge in [-0.25, -0.2) is 57.5 Å². The molecule has 20 rings (SSSR count). The van der Waals surface area contributed by atoms with E-state index in [1.54, 1.807) is 72.8 Å². The number of benzene rings is 8. The molecule has 8 aliphatic carbocycles. The molecule has 0 bridgehead atoms. The van der Waals surface area contributed by atoms with Crippen molar-refractivity contribution in [3.63, 3.8) is 0 Å². The van der Waals surface area contributed by atoms with Crippen molar-refractivity contribution in [2.45, 2.75) is 132 Å². The summed E-state index contributed by atoms with van der Waals surface area (Å²) >= 11 is 0. The average Bonchev–Trinajstić information content (AvgIpc) is 1.58. The molecule has 12 aromatic rings. The van der Waals surface area contributed by atoms with Gasteiger partial charge in [-0.05, 0) is 207 Å². The number of aryl methyl sites for hydroxylation is 1. The molecule has 8 aromatic carbocycles. The Morgan fingerprint density at radius 1 is 0.371 bits per heavy atom. The van der Waals surface area contributed by atoms with Crippen LogP contribution in [0.5, 0.6) is 0 Å². The molecule has 36 heteroatoms. The number of Topliss-reactive ketones (excluding diaryl/α,β-unsaturated/α-hetero) is 4. The Hall–Kier alpha value is -15.3. The first-order valence-electron chi connectivity index (χ1n) is 41.5. The van der Waals surface area contributed by atoms with Crippen LogP contribution in [0, 0.1) is 134 Å². The van der Waals surface area contributed by atoms with Crippen LogP contribution in [-0.4, -0.2) is 115 Å². The number of nitrogens with zero attached hydrogens (tertiary/aromatic N) is 11. The van der Waals surface area contributed by atoms with Crippen molar-refractivity contribution in [1.29, 1.82) is 15.8 Å². The third-order valence-electron chi connectivity index (χ3n) is 24.5. The smallest absolute Gasteiger partial charge is 0.359 e. The minimum absolute atomic E-state index is 0.00435. The lowest BCUT2D eigenvalue weighted by Crippen LogP contribution is -2.43. The maximum Gasteiger partial charge on any atom is 0.359 e. The number of carboxylic acids is 1. The number of aromatic nitrogens is 8. The minimum Gasteiger partial charge on any atom is -0.476 e. The summed E-state index contributed by atoms with van der Waals surface area (Å²) < 4.78 is 172. The third-order valence-corrected chi connectivity index (χ3v) is 24.5. The number of nitrogens with one attached hydrogen (secondary N) is 3. The van der Waals surface area contributed by atoms with E-state index in [1.165, 1.54) is 43.0 Å². The summed E-state index contributed by atoms with van der Waals surface area (Å²) in [5, 5.41) is 58.8. The van der Waals surface area contributed by atoms with Crippen LogP contribution in [0.4, 0.5) is 52.7 Å². The van der Waals surface area contributed by atoms with Crippen molar-refractivity contribution in [2.75, 3.05) is 0 Å². The number of aromatic carboxylic acids is 1. The first-order valence-corrected chi connectivity index (χ1v) is 41.5. The first kappa shape index (κ1) is 90.1. The average molecular weight is 1810 g/mol. The molecule has 8 aliphatic rings. The van der Waals surface area contributed by atoms with Gasteiger partial charge in [0.25, 0.3) is 17.7 Å². The van der Waals surface area contributed by atoms with Gasteiger partial charge in [0.2, 0.25) is 5.69 Å². The molecule has 670 valence electrons. The van der Waals surface area contributed by atoms with Gasteiger partial charge in [0, 0.05) is 49.9 Å². The highest BCUT2D eigenvalue weighted by molar-refractivity contribution is 6.00. The van der Waals surface area contributed by atoms with Gasteiger partial charge in [-0.3, -0.25) is 52.3 Å². The molecule has 0 saturated heterocycles. The second kappa shape index (κ2) is 37.1. The summed E-state index contributed by atoms with van der Waals surface area (Å²) in [5.74, 6) is -15.7. The van der Waals surface area contributed by atoms with Crippen molar-refractivity contribution in [1.82, 2.24) is 55.1 Å². The molecule has 3 amide bonds. The molecule has 4 aromatic heterocycles. The number of halogens is 12. The van der Waals surface area contributed by atoms with E-state index in [0.29, 0.717) is 81.4 Å². The van der Waals surface area contributed by atoms with E-state index in [4.69, 9.17) is 26.6 Å². The Bertz CT molecular complexity index is 6680. The predicted molar refractivity (Wildman–Crippen MR) is 442 cm³/mol. The van der Waals surface area contributed by atoms with Gasteiger partial charge in [-0.1, -0.05) is 66.2 Å². The Morgan fingerprint density at radius 3 is 0.924 bits per heavy atom. The highest BCUT2D eigenvalue weighted by Crippen LogP contribution is 2.57. The fourth-order valence-electron chi connectivity index (χ4n) is 17.9. The number of nitrogens with two attached hydrogens (primary N) is 1. The van der Waals surface area contributed by atoms with Crippen molar-refractivity contribution in [3.05, 3.63) is 352 Å². The van der Waals surface area contributed by atoms with Crippen LogP contribution in [-0.2, 0) is 71.0 Å². The van der Waals surface area contributed by atoms with Crippen molar-refractivity contribution >= 4 is 46.8 Å². The van der Waals surface area contributed by atoms with E-state index < -0.39 is 152 Å². The largest absolute Gasteiger partial charge is 0.476 e. The second-order valence-electron chi connectivity index (χ2n) is 33.6. The van der Waals surface area contributed by atoms with E-state index in [0.717, 1.165) is 72.2 Å². The summed E-state index contributed by atoms with van der Waals surface area (Å²) in [4.78, 5) is 98.9. The van der Waals surface area contributed by atoms with E-state index in [1.807, 2.05) is 49.4 Å². The van der Waals surface area contributed by atoms with Gasteiger partial charge in [-0.15, -0.1) is 0 Å². The Morgan fingerprint density at radius 2 is 0.636 bits per heavy atom. The molecule has 4 heterocycles. The molecule has 0 unspecified atom stereocenters. The number of carboxylic acid groups (broad SMARTS) is 1. The third kappa shape index (κ3) is 19.7. The van der Waals surface area contributed by atoms with Crippen LogP contribution >= 0.6 is 0 Å². The lowest BCUT2D eigenvalue weighted by atomic mass is 9.99. The molecule has 132 heavy (non-hydrogen) atoms. The molecule has 4 fully saturated rings. The summed E-state index contributed by atoms with van der Waals surface area (Å²) in [6.07, 6.45) is 5.78. The Balaban J connectivity index is 0.000000124. The highest BCUT2D eigenvalue weighted by Gasteiger charge is 2.55. The second-order valence-corrected chi connectivity index (χ2v) is 33.6. The standard InChI is InChI=1S/2C24H17F3N4O2.C24H20F3N3O2.C12H11F2NO.C12H8FN3O2/c2*25-14-5-15-16-7-18(16)22(21(32)8-17(15)19(26)6-14)29-24(33)23-20(27)11-31(30-23)10-13-3-1-2-12(4-13)9-28;1-12-3-2-4-13(5-12)10-30-11-20(27)23(29-30)24(32)28-22-18-8-16(18)15-6-14(25)7-19(26)17(15)9-21(22)31;13-5-1-6-7-3-9(7)12(15)11(16)4-8(6)10(14)2-5;13-10-7-16(15-11(10)12(17)18)6-9-3-1-2-8(4-9)5-14/h2*1-6,11,16,18,22H,7-8,10H2,(H,29,33);2-7,11,16,18,22H,8-10H2,1H3,(H,28,32);1-2,7,9,12H,3-4,15H2;1-4,7H,6H2,(H,17,18)/t3*16-,18-,22-;7-,9-,12-;/m1000./s1. The summed E-state index contributed by atoms with van der Waals surface area (Å²) in [7, 11) is 0. The topological polar surface area (TPSA) is 362 Å². The van der Waals surface area contributed by atoms with E-state index >= 15 is 0 Å². The maximum atomic E-state index is 14.5. The fourth-order valence-corrected chi connectivity index (χ4v) is 17.9. The van der Waals surface area contributed by atoms with Gasteiger partial charge in [-0.2, -0.15) is 36.2 Å².